The van der Waals surface area contributed by atoms with Gasteiger partial charge in [0, 0.05) is 50.5 Å². The van der Waals surface area contributed by atoms with E-state index in [9.17, 15) is 0 Å². The summed E-state index contributed by atoms with van der Waals surface area (Å²) in [5, 5.41) is 0. The van der Waals surface area contributed by atoms with E-state index < -0.39 is 0 Å². The molecule has 1 saturated heterocycles. The van der Waals surface area contributed by atoms with Gasteiger partial charge in [-0.1, -0.05) is 13.8 Å². The molecule has 0 amide bonds. The van der Waals surface area contributed by atoms with Gasteiger partial charge in [0.25, 0.3) is 0 Å². The number of pyridine rings is 1. The Hall–Kier alpha value is -0.970. The van der Waals surface area contributed by atoms with E-state index in [1.54, 1.807) is 0 Å². The second-order valence-electron chi connectivity index (χ2n) is 7.85. The summed E-state index contributed by atoms with van der Waals surface area (Å²) in [6.07, 6.45) is 2.92. The van der Waals surface area contributed by atoms with Crippen LogP contribution in [0, 0.1) is 12.3 Å². The van der Waals surface area contributed by atoms with E-state index in [0.29, 0.717) is 6.04 Å². The highest BCUT2D eigenvalue weighted by molar-refractivity contribution is 5.15. The van der Waals surface area contributed by atoms with E-state index >= 15 is 0 Å². The molecular weight excluding hydrogens is 286 g/mol. The summed E-state index contributed by atoms with van der Waals surface area (Å²) in [6.45, 7) is 15.3. The Labute approximate surface area is 141 Å². The van der Waals surface area contributed by atoms with Gasteiger partial charge in [-0.25, -0.2) is 0 Å². The minimum Gasteiger partial charge on any atom is -0.379 e. The minimum atomic E-state index is 0.278. The summed E-state index contributed by atoms with van der Waals surface area (Å²) >= 11 is 0. The predicted octanol–water partition coefficient (Wildman–Crippen LogP) is 2.61. The van der Waals surface area contributed by atoms with Gasteiger partial charge in [-0.15, -0.1) is 0 Å². The maximum Gasteiger partial charge on any atom is 0.0594 e. The van der Waals surface area contributed by atoms with Crippen LogP contribution in [0.25, 0.3) is 0 Å². The average Bonchev–Trinajstić information content (AvgIpc) is 2.47. The van der Waals surface area contributed by atoms with Crippen molar-refractivity contribution >= 4 is 0 Å². The van der Waals surface area contributed by atoms with Crippen molar-refractivity contribution in [2.45, 2.75) is 40.2 Å². The summed E-state index contributed by atoms with van der Waals surface area (Å²) in [5.41, 5.74) is 2.76. The van der Waals surface area contributed by atoms with Crippen molar-refractivity contribution in [2.75, 3.05) is 46.4 Å². The lowest BCUT2D eigenvalue weighted by Crippen LogP contribution is -2.47. The van der Waals surface area contributed by atoms with Crippen molar-refractivity contribution in [3.8, 4) is 0 Å². The minimum absolute atomic E-state index is 0.278. The fraction of sp³-hybridized carbons (Fsp3) is 0.737. The monoisotopic (exact) mass is 319 g/mol. The molecule has 23 heavy (non-hydrogen) atoms. The van der Waals surface area contributed by atoms with Crippen LogP contribution in [0.15, 0.2) is 18.3 Å². The molecule has 0 spiro atoms. The first-order chi connectivity index (χ1) is 10.9. The smallest absolute Gasteiger partial charge is 0.0594 e. The molecule has 0 aromatic carbocycles. The third-order valence-corrected chi connectivity index (χ3v) is 4.66. The summed E-state index contributed by atoms with van der Waals surface area (Å²) < 4.78 is 5.45. The van der Waals surface area contributed by atoms with Crippen molar-refractivity contribution in [1.29, 1.82) is 0 Å². The Bertz CT molecular complexity index is 483. The van der Waals surface area contributed by atoms with Crippen molar-refractivity contribution in [2.24, 2.45) is 5.41 Å². The van der Waals surface area contributed by atoms with E-state index in [1.807, 2.05) is 6.20 Å². The van der Waals surface area contributed by atoms with Gasteiger partial charge < -0.3 is 9.64 Å². The van der Waals surface area contributed by atoms with Crippen molar-refractivity contribution in [3.05, 3.63) is 29.6 Å². The highest BCUT2D eigenvalue weighted by atomic mass is 16.5. The number of hydrogen-bond acceptors (Lipinski definition) is 4. The van der Waals surface area contributed by atoms with Crippen LogP contribution in [-0.4, -0.2) is 67.3 Å². The molecule has 1 fully saturated rings. The normalized spacial score (nSPS) is 18.3. The molecule has 1 aromatic rings. The maximum absolute atomic E-state index is 5.45. The fourth-order valence-electron chi connectivity index (χ4n) is 3.41. The zero-order valence-corrected chi connectivity index (χ0v) is 15.5. The number of aryl methyl sites for hydroxylation is 1. The Kier molecular flexibility index (Phi) is 6.57. The first kappa shape index (κ1) is 18.4. The Morgan fingerprint density at radius 1 is 1.35 bits per heavy atom. The number of morpholine rings is 1. The molecule has 2 heterocycles. The van der Waals surface area contributed by atoms with Crippen molar-refractivity contribution in [3.63, 3.8) is 0 Å². The van der Waals surface area contributed by atoms with Gasteiger partial charge in [0.2, 0.25) is 0 Å². The molecule has 0 radical (unpaired) electrons. The number of likely N-dealkylation sites (N-methyl/N-ethyl adjacent to an activating group) is 1. The maximum atomic E-state index is 5.45. The number of hydrogen-bond donors (Lipinski definition) is 0. The first-order valence-electron chi connectivity index (χ1n) is 8.78. The van der Waals surface area contributed by atoms with Crippen LogP contribution in [0.4, 0.5) is 0 Å². The Morgan fingerprint density at radius 3 is 2.70 bits per heavy atom. The number of rotatable bonds is 7. The third-order valence-electron chi connectivity index (χ3n) is 4.66. The number of ether oxygens (including phenoxy) is 1. The summed E-state index contributed by atoms with van der Waals surface area (Å²) in [7, 11) is 2.24. The fourth-order valence-corrected chi connectivity index (χ4v) is 3.41. The zero-order chi connectivity index (χ0) is 16.9. The molecule has 0 saturated carbocycles. The quantitative estimate of drug-likeness (QED) is 0.772. The SMILES string of the molecule is Cc1ccnc(C[C@H](C)N(C)CC(C)(C)CN2CCOCC2)c1. The van der Waals surface area contributed by atoms with E-state index in [1.165, 1.54) is 11.3 Å². The largest absolute Gasteiger partial charge is 0.379 e. The second kappa shape index (κ2) is 8.22. The van der Waals surface area contributed by atoms with Gasteiger partial charge in [0.05, 0.1) is 13.2 Å². The highest BCUT2D eigenvalue weighted by Crippen LogP contribution is 2.21. The van der Waals surface area contributed by atoms with Crippen LogP contribution >= 0.6 is 0 Å². The van der Waals surface area contributed by atoms with E-state index in [-0.39, 0.29) is 5.41 Å². The van der Waals surface area contributed by atoms with E-state index in [4.69, 9.17) is 4.74 Å². The number of nitrogens with zero attached hydrogens (tertiary/aromatic N) is 3. The topological polar surface area (TPSA) is 28.6 Å². The van der Waals surface area contributed by atoms with Gasteiger partial charge in [-0.2, -0.15) is 0 Å². The van der Waals surface area contributed by atoms with Crippen molar-refractivity contribution in [1.82, 2.24) is 14.8 Å². The second-order valence-corrected chi connectivity index (χ2v) is 7.85. The van der Waals surface area contributed by atoms with E-state index in [2.05, 4.69) is 61.7 Å². The van der Waals surface area contributed by atoms with Gasteiger partial charge in [0.1, 0.15) is 0 Å². The molecule has 4 nitrogen and oxygen atoms in total. The Balaban J connectivity index is 1.84. The molecule has 130 valence electrons. The van der Waals surface area contributed by atoms with Crippen LogP contribution in [0.1, 0.15) is 32.0 Å². The molecule has 2 rings (SSSR count). The Morgan fingerprint density at radius 2 is 2.04 bits per heavy atom. The summed E-state index contributed by atoms with van der Waals surface area (Å²) in [5.74, 6) is 0. The van der Waals surface area contributed by atoms with Crippen LogP contribution in [0.3, 0.4) is 0 Å². The summed E-state index contributed by atoms with van der Waals surface area (Å²) in [4.78, 5) is 9.51. The number of aromatic nitrogens is 1. The molecule has 1 aromatic heterocycles. The third kappa shape index (κ3) is 6.21. The molecule has 1 aliphatic heterocycles. The first-order valence-corrected chi connectivity index (χ1v) is 8.78. The highest BCUT2D eigenvalue weighted by Gasteiger charge is 2.26. The van der Waals surface area contributed by atoms with Gasteiger partial charge in [-0.05, 0) is 44.0 Å². The van der Waals surface area contributed by atoms with Crippen LogP contribution in [-0.2, 0) is 11.2 Å². The average molecular weight is 319 g/mol. The van der Waals surface area contributed by atoms with Gasteiger partial charge >= 0.3 is 0 Å². The van der Waals surface area contributed by atoms with Crippen molar-refractivity contribution < 1.29 is 4.74 Å². The lowest BCUT2D eigenvalue weighted by Gasteiger charge is -2.38. The van der Waals surface area contributed by atoms with Crippen LogP contribution in [0.2, 0.25) is 0 Å². The lowest BCUT2D eigenvalue weighted by atomic mass is 9.91. The molecule has 4 heteroatoms. The van der Waals surface area contributed by atoms with Gasteiger partial charge in [0.15, 0.2) is 0 Å². The lowest BCUT2D eigenvalue weighted by molar-refractivity contribution is 0.0145. The van der Waals surface area contributed by atoms with Crippen LogP contribution < -0.4 is 0 Å². The molecule has 1 atom stereocenters. The van der Waals surface area contributed by atoms with Crippen LogP contribution in [0.5, 0.6) is 0 Å². The molecule has 0 N–H and O–H groups in total. The zero-order valence-electron chi connectivity index (χ0n) is 15.5. The standard InChI is InChI=1S/C19H33N3O/c1-16-6-7-20-18(12-16)13-17(2)21(5)14-19(3,4)15-22-8-10-23-11-9-22/h6-7,12,17H,8-11,13-15H2,1-5H3/t17-/m0/s1. The summed E-state index contributed by atoms with van der Waals surface area (Å²) in [6, 6.07) is 4.75. The molecule has 0 aliphatic carbocycles. The molecule has 0 bridgehead atoms. The molecule has 1 aliphatic rings. The van der Waals surface area contributed by atoms with Gasteiger partial charge in [-0.3, -0.25) is 9.88 Å². The molecular formula is C19H33N3O. The van der Waals surface area contributed by atoms with E-state index in [0.717, 1.165) is 45.8 Å². The predicted molar refractivity (Wildman–Crippen MR) is 95.8 cm³/mol. The molecule has 0 unspecified atom stereocenters.